The van der Waals surface area contributed by atoms with Crippen molar-refractivity contribution in [2.45, 2.75) is 4.90 Å². The molecule has 2 amide bonds. The predicted molar refractivity (Wildman–Crippen MR) is 81.7 cm³/mol. The Morgan fingerprint density at radius 2 is 1.73 bits per heavy atom. The van der Waals surface area contributed by atoms with Crippen LogP contribution in [0.3, 0.4) is 0 Å². The molecule has 2 aromatic rings. The maximum absolute atomic E-state index is 13.6. The predicted octanol–water partition coefficient (Wildman–Crippen LogP) is 2.38. The fourth-order valence-electron chi connectivity index (χ4n) is 1.73. The van der Waals surface area contributed by atoms with Gasteiger partial charge in [0, 0.05) is 12.7 Å². The first-order valence-corrected chi connectivity index (χ1v) is 7.77. The van der Waals surface area contributed by atoms with Crippen LogP contribution in [0.1, 0.15) is 0 Å². The lowest BCUT2D eigenvalue weighted by Gasteiger charge is -2.10. The highest BCUT2D eigenvalue weighted by atomic mass is 32.2. The average Bonchev–Trinajstić information content (AvgIpc) is 2.47. The molecule has 0 aromatic heterocycles. The van der Waals surface area contributed by atoms with Crippen molar-refractivity contribution in [1.82, 2.24) is 5.32 Å². The first kappa shape index (κ1) is 15.8. The number of carbonyl (C=O) groups excluding carboxylic acids is 1. The largest absolute Gasteiger partial charge is 0.341 e. The lowest BCUT2D eigenvalue weighted by Crippen LogP contribution is -2.24. The average molecular weight is 323 g/mol. The number of amides is 2. The molecule has 0 aliphatic rings. The Morgan fingerprint density at radius 3 is 2.41 bits per heavy atom. The third-order valence-electron chi connectivity index (χ3n) is 2.73. The van der Waals surface area contributed by atoms with Crippen molar-refractivity contribution < 1.29 is 17.6 Å². The molecule has 3 N–H and O–H groups in total. The molecule has 0 atom stereocenters. The number of urea groups is 1. The Morgan fingerprint density at radius 1 is 1.05 bits per heavy atom. The Hall–Kier alpha value is -2.61. The van der Waals surface area contributed by atoms with Gasteiger partial charge in [-0.05, 0) is 30.3 Å². The van der Waals surface area contributed by atoms with Crippen molar-refractivity contribution in [3.05, 3.63) is 54.3 Å². The van der Waals surface area contributed by atoms with Gasteiger partial charge in [0.15, 0.2) is 0 Å². The van der Waals surface area contributed by atoms with Crippen molar-refractivity contribution in [3.63, 3.8) is 0 Å². The number of benzene rings is 2. The van der Waals surface area contributed by atoms with Gasteiger partial charge in [0.1, 0.15) is 10.7 Å². The summed E-state index contributed by atoms with van der Waals surface area (Å²) >= 11 is 0. The van der Waals surface area contributed by atoms with E-state index in [0.29, 0.717) is 5.69 Å². The molecule has 0 saturated carbocycles. The minimum absolute atomic E-state index is 0.206. The van der Waals surface area contributed by atoms with Crippen LogP contribution in [0.5, 0.6) is 0 Å². The number of sulfonamides is 1. The summed E-state index contributed by atoms with van der Waals surface area (Å²) in [7, 11) is -2.59. The molecule has 0 aliphatic carbocycles. The second kappa shape index (κ2) is 6.44. The van der Waals surface area contributed by atoms with Gasteiger partial charge >= 0.3 is 6.03 Å². The van der Waals surface area contributed by atoms with Gasteiger partial charge < -0.3 is 10.6 Å². The number of anilines is 2. The highest BCUT2D eigenvalue weighted by Gasteiger charge is 2.18. The van der Waals surface area contributed by atoms with Gasteiger partial charge in [-0.3, -0.25) is 4.72 Å². The van der Waals surface area contributed by atoms with Crippen LogP contribution < -0.4 is 15.4 Å². The maximum Gasteiger partial charge on any atom is 0.318 e. The van der Waals surface area contributed by atoms with Gasteiger partial charge in [-0.25, -0.2) is 17.6 Å². The zero-order valence-corrected chi connectivity index (χ0v) is 12.4. The van der Waals surface area contributed by atoms with Gasteiger partial charge in [-0.15, -0.1) is 0 Å². The molecule has 116 valence electrons. The summed E-state index contributed by atoms with van der Waals surface area (Å²) in [4.78, 5) is 10.8. The van der Waals surface area contributed by atoms with Crippen LogP contribution in [0.4, 0.5) is 20.6 Å². The first-order valence-electron chi connectivity index (χ1n) is 6.28. The van der Waals surface area contributed by atoms with Crippen molar-refractivity contribution in [2.24, 2.45) is 0 Å². The Kier molecular flexibility index (Phi) is 4.62. The number of halogens is 1. The summed E-state index contributed by atoms with van der Waals surface area (Å²) in [6, 6.07) is 10.7. The van der Waals surface area contributed by atoms with Gasteiger partial charge in [0.05, 0.1) is 5.69 Å². The molecular formula is C14H14FN3O3S. The van der Waals surface area contributed by atoms with Crippen molar-refractivity contribution in [1.29, 1.82) is 0 Å². The van der Waals surface area contributed by atoms with E-state index in [0.717, 1.165) is 6.07 Å². The zero-order valence-electron chi connectivity index (χ0n) is 11.6. The van der Waals surface area contributed by atoms with Gasteiger partial charge in [-0.2, -0.15) is 0 Å². The maximum atomic E-state index is 13.6. The zero-order chi connectivity index (χ0) is 16.2. The fraction of sp³-hybridized carbons (Fsp3) is 0.0714. The molecule has 2 rings (SSSR count). The monoisotopic (exact) mass is 323 g/mol. The summed E-state index contributed by atoms with van der Waals surface area (Å²) in [6.45, 7) is 0. The highest BCUT2D eigenvalue weighted by Crippen LogP contribution is 2.21. The molecule has 0 saturated heterocycles. The lowest BCUT2D eigenvalue weighted by atomic mass is 10.3. The Balaban J connectivity index is 2.25. The van der Waals surface area contributed by atoms with E-state index < -0.39 is 26.8 Å². The molecule has 8 heteroatoms. The van der Waals surface area contributed by atoms with E-state index in [1.165, 1.54) is 37.4 Å². The van der Waals surface area contributed by atoms with Crippen LogP contribution in [0.15, 0.2) is 53.4 Å². The Labute approximate surface area is 127 Å². The minimum Gasteiger partial charge on any atom is -0.341 e. The summed E-state index contributed by atoms with van der Waals surface area (Å²) in [5, 5.41) is 4.89. The molecule has 0 bridgehead atoms. The van der Waals surface area contributed by atoms with Crippen molar-refractivity contribution >= 4 is 27.4 Å². The van der Waals surface area contributed by atoms with Crippen LogP contribution in [-0.2, 0) is 10.0 Å². The van der Waals surface area contributed by atoms with E-state index in [1.54, 1.807) is 12.1 Å². The standard InChI is InChI=1S/C14H14FN3O3S/c1-16-14(19)17-10-5-4-6-11(9-10)18-22(20,21)13-8-3-2-7-12(13)15/h2-9,18H,1H3,(H2,16,17,19). The molecule has 0 radical (unpaired) electrons. The molecule has 0 unspecified atom stereocenters. The second-order valence-corrected chi connectivity index (χ2v) is 5.97. The summed E-state index contributed by atoms with van der Waals surface area (Å²) in [5.41, 5.74) is 0.602. The number of rotatable bonds is 4. The van der Waals surface area contributed by atoms with Crippen LogP contribution in [0.25, 0.3) is 0 Å². The molecule has 0 fully saturated rings. The third kappa shape index (κ3) is 3.73. The topological polar surface area (TPSA) is 87.3 Å². The van der Waals surface area contributed by atoms with Crippen LogP contribution in [-0.4, -0.2) is 21.5 Å². The highest BCUT2D eigenvalue weighted by molar-refractivity contribution is 7.92. The molecule has 0 aliphatic heterocycles. The minimum atomic E-state index is -4.05. The van der Waals surface area contributed by atoms with Crippen LogP contribution in [0.2, 0.25) is 0 Å². The van der Waals surface area contributed by atoms with Crippen molar-refractivity contribution in [2.75, 3.05) is 17.1 Å². The fourth-order valence-corrected chi connectivity index (χ4v) is 2.86. The summed E-state index contributed by atoms with van der Waals surface area (Å²) < 4.78 is 40.2. The number of nitrogens with one attached hydrogen (secondary N) is 3. The third-order valence-corrected chi connectivity index (χ3v) is 4.14. The first-order chi connectivity index (χ1) is 10.4. The normalized spacial score (nSPS) is 10.8. The number of carbonyl (C=O) groups is 1. The van der Waals surface area contributed by atoms with Crippen LogP contribution >= 0.6 is 0 Å². The number of hydrogen-bond acceptors (Lipinski definition) is 3. The van der Waals surface area contributed by atoms with E-state index in [9.17, 15) is 17.6 Å². The lowest BCUT2D eigenvalue weighted by molar-refractivity contribution is 0.254. The van der Waals surface area contributed by atoms with E-state index in [1.807, 2.05) is 0 Å². The molecule has 0 heterocycles. The van der Waals surface area contributed by atoms with Crippen LogP contribution in [0, 0.1) is 5.82 Å². The molecule has 2 aromatic carbocycles. The van der Waals surface area contributed by atoms with Gasteiger partial charge in [0.2, 0.25) is 0 Å². The molecular weight excluding hydrogens is 309 g/mol. The second-order valence-electron chi connectivity index (χ2n) is 4.32. The molecule has 0 spiro atoms. The quantitative estimate of drug-likeness (QED) is 0.807. The van der Waals surface area contributed by atoms with E-state index in [2.05, 4.69) is 15.4 Å². The van der Waals surface area contributed by atoms with E-state index in [-0.39, 0.29) is 5.69 Å². The van der Waals surface area contributed by atoms with Gasteiger partial charge in [0.25, 0.3) is 10.0 Å². The van der Waals surface area contributed by atoms with E-state index in [4.69, 9.17) is 0 Å². The summed E-state index contributed by atoms with van der Waals surface area (Å²) in [6.07, 6.45) is 0. The Bertz CT molecular complexity index is 793. The van der Waals surface area contributed by atoms with Crippen molar-refractivity contribution in [3.8, 4) is 0 Å². The number of hydrogen-bond donors (Lipinski definition) is 3. The van der Waals surface area contributed by atoms with E-state index >= 15 is 0 Å². The molecule has 6 nitrogen and oxygen atoms in total. The SMILES string of the molecule is CNC(=O)Nc1cccc(NS(=O)(=O)c2ccccc2F)c1. The molecule has 22 heavy (non-hydrogen) atoms. The summed E-state index contributed by atoms with van der Waals surface area (Å²) in [5.74, 6) is -0.838. The van der Waals surface area contributed by atoms with Gasteiger partial charge in [-0.1, -0.05) is 18.2 Å². The smallest absolute Gasteiger partial charge is 0.318 e.